The number of rotatable bonds is 8. The van der Waals surface area contributed by atoms with E-state index in [0.717, 1.165) is 11.7 Å². The molecule has 0 fully saturated rings. The van der Waals surface area contributed by atoms with Crippen molar-refractivity contribution in [1.82, 2.24) is 0 Å². The van der Waals surface area contributed by atoms with Crippen LogP contribution in [-0.2, 0) is 9.53 Å². The van der Waals surface area contributed by atoms with Crippen LogP contribution in [0.5, 0.6) is 0 Å². The van der Waals surface area contributed by atoms with E-state index in [9.17, 15) is 9.90 Å². The second-order valence-corrected chi connectivity index (χ2v) is 6.33. The Morgan fingerprint density at radius 3 is 2.78 bits per heavy atom. The minimum absolute atomic E-state index is 0.205. The van der Waals surface area contributed by atoms with E-state index in [2.05, 4.69) is 12.1 Å². The second-order valence-electron chi connectivity index (χ2n) is 4.04. The number of aliphatic hydroxyl groups is 1. The van der Waals surface area contributed by atoms with Crippen molar-refractivity contribution in [2.24, 2.45) is 0 Å². The van der Waals surface area contributed by atoms with Gasteiger partial charge in [-0.15, -0.1) is 0 Å². The first-order chi connectivity index (χ1) is 8.72. The fourth-order valence-electron chi connectivity index (χ4n) is 1.37. The number of esters is 1. The van der Waals surface area contributed by atoms with E-state index in [0.29, 0.717) is 19.4 Å². The Kier molecular flexibility index (Phi) is 7.74. The van der Waals surface area contributed by atoms with Crippen molar-refractivity contribution in [2.45, 2.75) is 37.6 Å². The number of ether oxygens (including phenoxy) is 1. The van der Waals surface area contributed by atoms with Crippen molar-refractivity contribution in [3.63, 3.8) is 0 Å². The van der Waals surface area contributed by atoms with Crippen molar-refractivity contribution in [1.29, 1.82) is 0 Å². The van der Waals surface area contributed by atoms with E-state index in [1.807, 2.05) is 25.1 Å². The van der Waals surface area contributed by atoms with Crippen LogP contribution < -0.4 is 4.46 Å². The Labute approximate surface area is 115 Å². The summed E-state index contributed by atoms with van der Waals surface area (Å²) in [7, 11) is 0. The molecule has 0 aliphatic carbocycles. The summed E-state index contributed by atoms with van der Waals surface area (Å²) in [5.41, 5.74) is 0. The summed E-state index contributed by atoms with van der Waals surface area (Å²) in [6, 6.07) is 10.1. The summed E-state index contributed by atoms with van der Waals surface area (Å²) in [5, 5.41) is 10.5. The monoisotopic (exact) mass is 316 g/mol. The van der Waals surface area contributed by atoms with Crippen LogP contribution in [0.1, 0.15) is 26.2 Å². The molecule has 0 bridgehead atoms. The van der Waals surface area contributed by atoms with Gasteiger partial charge in [-0.3, -0.25) is 0 Å². The maximum absolute atomic E-state index is 11.3. The van der Waals surface area contributed by atoms with E-state index in [-0.39, 0.29) is 20.9 Å². The summed E-state index contributed by atoms with van der Waals surface area (Å²) in [6.07, 6.45) is 1.24. The summed E-state index contributed by atoms with van der Waals surface area (Å²) >= 11 is 0.272. The molecule has 100 valence electrons. The molecule has 0 radical (unpaired) electrons. The van der Waals surface area contributed by atoms with Crippen LogP contribution in [0, 0.1) is 0 Å². The van der Waals surface area contributed by atoms with Crippen molar-refractivity contribution in [3.8, 4) is 0 Å². The maximum atomic E-state index is 11.3. The molecule has 0 aliphatic rings. The van der Waals surface area contributed by atoms with E-state index in [4.69, 9.17) is 4.74 Å². The number of carbonyl (C=O) groups is 1. The van der Waals surface area contributed by atoms with Gasteiger partial charge in [-0.2, -0.15) is 0 Å². The molecule has 3 nitrogen and oxygen atoms in total. The molecule has 0 aliphatic heterocycles. The molecule has 18 heavy (non-hydrogen) atoms. The average Bonchev–Trinajstić information content (AvgIpc) is 2.41. The topological polar surface area (TPSA) is 46.5 Å². The summed E-state index contributed by atoms with van der Waals surface area (Å²) in [6.45, 7) is 2.44. The Balaban J connectivity index is 2.14. The van der Waals surface area contributed by atoms with Gasteiger partial charge < -0.3 is 0 Å². The van der Waals surface area contributed by atoms with Crippen molar-refractivity contribution >= 4 is 25.4 Å². The number of hydrogen-bond donors (Lipinski definition) is 1. The van der Waals surface area contributed by atoms with Crippen LogP contribution in [0.4, 0.5) is 0 Å². The molecule has 1 atom stereocenters. The number of benzene rings is 1. The standard InChI is InChI=1S/C14H20O3Se/c1-2-10-17-14(16)9-8-12(15)11-18-13-6-4-3-5-7-13/h3-7,12,15H,2,8-11H2,1H3/t12-/m1/s1. The molecule has 0 spiro atoms. The van der Waals surface area contributed by atoms with Crippen molar-refractivity contribution < 1.29 is 14.6 Å². The first-order valence-electron chi connectivity index (χ1n) is 6.24. The minimum atomic E-state index is -0.403. The third kappa shape index (κ3) is 6.80. The molecule has 0 aromatic heterocycles. The molecule has 0 saturated carbocycles. The molecule has 1 N–H and O–H groups in total. The van der Waals surface area contributed by atoms with E-state index < -0.39 is 6.10 Å². The van der Waals surface area contributed by atoms with Gasteiger partial charge in [0.2, 0.25) is 0 Å². The van der Waals surface area contributed by atoms with Gasteiger partial charge in [0, 0.05) is 0 Å². The van der Waals surface area contributed by atoms with E-state index in [1.165, 1.54) is 4.46 Å². The Hall–Kier alpha value is -0.831. The normalized spacial score (nSPS) is 12.1. The molecular formula is C14H20O3Se. The SMILES string of the molecule is CCCOC(=O)CC[C@@H](O)C[Se]c1ccccc1. The summed E-state index contributed by atoms with van der Waals surface area (Å²) < 4.78 is 6.23. The van der Waals surface area contributed by atoms with Crippen LogP contribution in [0.15, 0.2) is 30.3 Å². The fourth-order valence-corrected chi connectivity index (χ4v) is 3.26. The third-order valence-corrected chi connectivity index (χ3v) is 4.76. The average molecular weight is 315 g/mol. The van der Waals surface area contributed by atoms with Gasteiger partial charge in [0.05, 0.1) is 0 Å². The van der Waals surface area contributed by atoms with Gasteiger partial charge in [0.25, 0.3) is 0 Å². The molecule has 0 amide bonds. The van der Waals surface area contributed by atoms with E-state index >= 15 is 0 Å². The van der Waals surface area contributed by atoms with Gasteiger partial charge >= 0.3 is 115 Å². The number of carbonyl (C=O) groups excluding carboxylic acids is 1. The predicted molar refractivity (Wildman–Crippen MR) is 73.1 cm³/mol. The molecule has 0 saturated heterocycles. The number of aliphatic hydroxyl groups excluding tert-OH is 1. The molecule has 4 heteroatoms. The molecule has 0 heterocycles. The van der Waals surface area contributed by atoms with Crippen LogP contribution in [0.25, 0.3) is 0 Å². The van der Waals surface area contributed by atoms with Crippen LogP contribution in [-0.4, -0.2) is 38.7 Å². The number of hydrogen-bond acceptors (Lipinski definition) is 3. The first-order valence-corrected chi connectivity index (χ1v) is 8.30. The molecule has 1 aromatic carbocycles. The van der Waals surface area contributed by atoms with Gasteiger partial charge in [0.1, 0.15) is 0 Å². The van der Waals surface area contributed by atoms with Gasteiger partial charge in [-0.05, 0) is 0 Å². The summed E-state index contributed by atoms with van der Waals surface area (Å²) in [5.74, 6) is -0.205. The molecule has 0 unspecified atom stereocenters. The summed E-state index contributed by atoms with van der Waals surface area (Å²) in [4.78, 5) is 11.3. The van der Waals surface area contributed by atoms with Crippen LogP contribution in [0.3, 0.4) is 0 Å². The zero-order valence-electron chi connectivity index (χ0n) is 10.7. The van der Waals surface area contributed by atoms with Crippen LogP contribution >= 0.6 is 0 Å². The van der Waals surface area contributed by atoms with Crippen molar-refractivity contribution in [3.05, 3.63) is 30.3 Å². The van der Waals surface area contributed by atoms with Gasteiger partial charge in [-0.1, -0.05) is 0 Å². The quantitative estimate of drug-likeness (QED) is 0.584. The molecule has 1 rings (SSSR count). The van der Waals surface area contributed by atoms with Crippen molar-refractivity contribution in [2.75, 3.05) is 6.61 Å². The Morgan fingerprint density at radius 2 is 2.11 bits per heavy atom. The molecular weight excluding hydrogens is 295 g/mol. The van der Waals surface area contributed by atoms with Crippen LogP contribution in [0.2, 0.25) is 5.32 Å². The van der Waals surface area contributed by atoms with Gasteiger partial charge in [0.15, 0.2) is 0 Å². The van der Waals surface area contributed by atoms with E-state index in [1.54, 1.807) is 0 Å². The zero-order valence-corrected chi connectivity index (χ0v) is 12.4. The van der Waals surface area contributed by atoms with Gasteiger partial charge in [-0.25, -0.2) is 0 Å². The first kappa shape index (κ1) is 15.2. The molecule has 1 aromatic rings. The second kappa shape index (κ2) is 9.15. The predicted octanol–water partition coefficient (Wildman–Crippen LogP) is 1.53. The Morgan fingerprint density at radius 1 is 1.39 bits per heavy atom. The zero-order chi connectivity index (χ0) is 13.2. The third-order valence-electron chi connectivity index (χ3n) is 2.33. The Bertz CT molecular complexity index is 340. The fraction of sp³-hybridized carbons (Fsp3) is 0.500.